The third-order valence-corrected chi connectivity index (χ3v) is 4.48. The van der Waals surface area contributed by atoms with Crippen LogP contribution in [0.1, 0.15) is 12.2 Å². The lowest BCUT2D eigenvalue weighted by Crippen LogP contribution is -2.42. The number of carbonyl (C=O) groups is 1. The van der Waals surface area contributed by atoms with Crippen molar-refractivity contribution in [2.45, 2.75) is 25.4 Å². The van der Waals surface area contributed by atoms with Crippen molar-refractivity contribution in [3.8, 4) is 5.88 Å². The number of urea groups is 1. The number of methoxy groups -OCH3 is 1. The minimum absolute atomic E-state index is 0.0906. The first-order valence-electron chi connectivity index (χ1n) is 8.24. The molecular weight excluding hydrogens is 318 g/mol. The first-order chi connectivity index (χ1) is 12.2. The standard InChI is InChI=1S/C18H19N5O2/c1-25-17-14-3-2-4-15(13(14)7-8-20-17)22-18(24)21-12-5-6-16-19-9-10-23(16)11-12/h2-4,7-10,12H,5-6,11H2,1H3,(H2,21,22,24). The molecule has 1 unspecified atom stereocenters. The van der Waals surface area contributed by atoms with Crippen molar-refractivity contribution < 1.29 is 9.53 Å². The fourth-order valence-electron chi connectivity index (χ4n) is 3.28. The molecule has 1 atom stereocenters. The lowest BCUT2D eigenvalue weighted by Gasteiger charge is -2.25. The summed E-state index contributed by atoms with van der Waals surface area (Å²) in [6.07, 6.45) is 7.18. The van der Waals surface area contributed by atoms with E-state index < -0.39 is 0 Å². The highest BCUT2D eigenvalue weighted by atomic mass is 16.5. The Bertz CT molecular complexity index is 921. The van der Waals surface area contributed by atoms with Crippen LogP contribution in [0.15, 0.2) is 42.9 Å². The van der Waals surface area contributed by atoms with E-state index in [-0.39, 0.29) is 12.1 Å². The number of fused-ring (bicyclic) bond motifs is 2. The molecule has 7 nitrogen and oxygen atoms in total. The summed E-state index contributed by atoms with van der Waals surface area (Å²) in [6.45, 7) is 0.746. The molecule has 3 aromatic rings. The van der Waals surface area contributed by atoms with Gasteiger partial charge >= 0.3 is 6.03 Å². The van der Waals surface area contributed by atoms with Crippen LogP contribution >= 0.6 is 0 Å². The van der Waals surface area contributed by atoms with Crippen LogP contribution in [0, 0.1) is 0 Å². The third kappa shape index (κ3) is 3.00. The lowest BCUT2D eigenvalue weighted by molar-refractivity contribution is 0.244. The first-order valence-corrected chi connectivity index (χ1v) is 8.24. The molecule has 4 rings (SSSR count). The van der Waals surface area contributed by atoms with Gasteiger partial charge in [0, 0.05) is 48.4 Å². The fourth-order valence-corrected chi connectivity index (χ4v) is 3.28. The van der Waals surface area contributed by atoms with Gasteiger partial charge in [0.25, 0.3) is 0 Å². The van der Waals surface area contributed by atoms with Crippen molar-refractivity contribution in [2.75, 3.05) is 12.4 Å². The quantitative estimate of drug-likeness (QED) is 0.770. The molecule has 3 heterocycles. The lowest BCUT2D eigenvalue weighted by atomic mass is 10.1. The van der Waals surface area contributed by atoms with E-state index in [2.05, 4.69) is 25.2 Å². The molecule has 2 aromatic heterocycles. The number of rotatable bonds is 3. The van der Waals surface area contributed by atoms with Crippen molar-refractivity contribution in [2.24, 2.45) is 0 Å². The number of carbonyl (C=O) groups excluding carboxylic acids is 1. The summed E-state index contributed by atoms with van der Waals surface area (Å²) in [6, 6.07) is 7.42. The van der Waals surface area contributed by atoms with Crippen LogP contribution in [0.25, 0.3) is 10.8 Å². The molecule has 1 aromatic carbocycles. The molecular formula is C18H19N5O2. The molecule has 2 N–H and O–H groups in total. The molecule has 0 aliphatic carbocycles. The number of aromatic nitrogens is 3. The van der Waals surface area contributed by atoms with Crippen LogP contribution in [0.3, 0.4) is 0 Å². The normalized spacial score (nSPS) is 16.3. The Hall–Kier alpha value is -3.09. The van der Waals surface area contributed by atoms with Gasteiger partial charge in [-0.1, -0.05) is 6.07 Å². The predicted molar refractivity (Wildman–Crippen MR) is 94.8 cm³/mol. The average Bonchev–Trinajstić information content (AvgIpc) is 3.09. The number of ether oxygens (including phenoxy) is 1. The van der Waals surface area contributed by atoms with E-state index >= 15 is 0 Å². The monoisotopic (exact) mass is 337 g/mol. The number of benzene rings is 1. The number of nitrogens with one attached hydrogen (secondary N) is 2. The second-order valence-electron chi connectivity index (χ2n) is 6.05. The number of aryl methyl sites for hydroxylation is 1. The van der Waals surface area contributed by atoms with Gasteiger partial charge in [0.2, 0.25) is 5.88 Å². The molecule has 128 valence electrons. The van der Waals surface area contributed by atoms with Crippen LogP contribution in [0.5, 0.6) is 5.88 Å². The Balaban J connectivity index is 1.49. The van der Waals surface area contributed by atoms with E-state index in [0.29, 0.717) is 5.88 Å². The summed E-state index contributed by atoms with van der Waals surface area (Å²) in [5.41, 5.74) is 0.731. The summed E-state index contributed by atoms with van der Waals surface area (Å²) < 4.78 is 7.37. The highest BCUT2D eigenvalue weighted by Gasteiger charge is 2.20. The van der Waals surface area contributed by atoms with E-state index in [1.807, 2.05) is 30.5 Å². The number of imidazole rings is 1. The van der Waals surface area contributed by atoms with Crippen LogP contribution in [0.4, 0.5) is 10.5 Å². The maximum atomic E-state index is 12.4. The Morgan fingerprint density at radius 3 is 3.04 bits per heavy atom. The van der Waals surface area contributed by atoms with Gasteiger partial charge < -0.3 is 19.9 Å². The Morgan fingerprint density at radius 1 is 1.24 bits per heavy atom. The van der Waals surface area contributed by atoms with Crippen molar-refractivity contribution in [3.05, 3.63) is 48.7 Å². The molecule has 0 saturated carbocycles. The Morgan fingerprint density at radius 2 is 2.16 bits per heavy atom. The van der Waals surface area contributed by atoms with Crippen LogP contribution < -0.4 is 15.4 Å². The number of nitrogens with zero attached hydrogens (tertiary/aromatic N) is 3. The zero-order chi connectivity index (χ0) is 17.2. The summed E-state index contributed by atoms with van der Waals surface area (Å²) in [7, 11) is 1.59. The molecule has 1 aliphatic rings. The van der Waals surface area contributed by atoms with Crippen LogP contribution in [-0.2, 0) is 13.0 Å². The van der Waals surface area contributed by atoms with Gasteiger partial charge in [0.15, 0.2) is 0 Å². The Kier molecular flexibility index (Phi) is 3.97. The number of pyridine rings is 1. The number of hydrogen-bond donors (Lipinski definition) is 2. The second-order valence-corrected chi connectivity index (χ2v) is 6.05. The average molecular weight is 337 g/mol. The van der Waals surface area contributed by atoms with Crippen molar-refractivity contribution >= 4 is 22.5 Å². The van der Waals surface area contributed by atoms with Crippen LogP contribution in [-0.4, -0.2) is 33.7 Å². The van der Waals surface area contributed by atoms with E-state index in [1.54, 1.807) is 19.5 Å². The maximum absolute atomic E-state index is 12.4. The Labute approximate surface area is 145 Å². The third-order valence-electron chi connectivity index (χ3n) is 4.48. The van der Waals surface area contributed by atoms with Gasteiger partial charge in [0.05, 0.1) is 12.8 Å². The molecule has 0 bridgehead atoms. The number of amides is 2. The second kappa shape index (κ2) is 6.43. The molecule has 25 heavy (non-hydrogen) atoms. The number of anilines is 1. The molecule has 1 aliphatic heterocycles. The molecule has 0 saturated heterocycles. The predicted octanol–water partition coefficient (Wildman–Crippen LogP) is 2.58. The fraction of sp³-hybridized carbons (Fsp3) is 0.278. The molecule has 0 fully saturated rings. The highest BCUT2D eigenvalue weighted by Crippen LogP contribution is 2.28. The van der Waals surface area contributed by atoms with Crippen molar-refractivity contribution in [3.63, 3.8) is 0 Å². The van der Waals surface area contributed by atoms with Crippen LogP contribution in [0.2, 0.25) is 0 Å². The van der Waals surface area contributed by atoms with Gasteiger partial charge in [-0.05, 0) is 24.6 Å². The zero-order valence-electron chi connectivity index (χ0n) is 13.9. The largest absolute Gasteiger partial charge is 0.481 e. The van der Waals surface area contributed by atoms with Gasteiger partial charge in [-0.2, -0.15) is 0 Å². The zero-order valence-corrected chi connectivity index (χ0v) is 13.9. The van der Waals surface area contributed by atoms with E-state index in [0.717, 1.165) is 41.7 Å². The van der Waals surface area contributed by atoms with Gasteiger partial charge in [0.1, 0.15) is 5.82 Å². The van der Waals surface area contributed by atoms with E-state index in [1.165, 1.54) is 0 Å². The smallest absolute Gasteiger partial charge is 0.319 e. The van der Waals surface area contributed by atoms with E-state index in [9.17, 15) is 4.79 Å². The minimum Gasteiger partial charge on any atom is -0.481 e. The summed E-state index contributed by atoms with van der Waals surface area (Å²) in [5.74, 6) is 1.62. The summed E-state index contributed by atoms with van der Waals surface area (Å²) in [4.78, 5) is 20.9. The summed E-state index contributed by atoms with van der Waals surface area (Å²) in [5, 5.41) is 7.75. The van der Waals surface area contributed by atoms with Gasteiger partial charge in [-0.15, -0.1) is 0 Å². The van der Waals surface area contributed by atoms with Crippen molar-refractivity contribution in [1.29, 1.82) is 0 Å². The number of hydrogen-bond acceptors (Lipinski definition) is 4. The topological polar surface area (TPSA) is 81.1 Å². The molecule has 7 heteroatoms. The molecule has 0 radical (unpaired) electrons. The van der Waals surface area contributed by atoms with Gasteiger partial charge in [-0.25, -0.2) is 14.8 Å². The minimum atomic E-state index is -0.211. The molecule has 0 spiro atoms. The summed E-state index contributed by atoms with van der Waals surface area (Å²) >= 11 is 0. The molecule has 2 amide bonds. The SMILES string of the molecule is COc1nccc2c(NC(=O)NC3CCc4nccn4C3)cccc12. The van der Waals surface area contributed by atoms with E-state index in [4.69, 9.17) is 4.74 Å². The van der Waals surface area contributed by atoms with Crippen molar-refractivity contribution in [1.82, 2.24) is 19.9 Å². The maximum Gasteiger partial charge on any atom is 0.319 e. The first kappa shape index (κ1) is 15.4. The highest BCUT2D eigenvalue weighted by molar-refractivity contribution is 6.03. The van der Waals surface area contributed by atoms with Gasteiger partial charge in [-0.3, -0.25) is 0 Å².